The molecule has 0 aromatic carbocycles. The highest BCUT2D eigenvalue weighted by atomic mass is 16.2. The van der Waals surface area contributed by atoms with E-state index in [2.05, 4.69) is 25.3 Å². The van der Waals surface area contributed by atoms with Gasteiger partial charge in [-0.15, -0.1) is 0 Å². The van der Waals surface area contributed by atoms with Gasteiger partial charge in [0.25, 0.3) is 5.91 Å². The van der Waals surface area contributed by atoms with E-state index in [-0.39, 0.29) is 11.9 Å². The SMILES string of the molecule is Cc1nccc(N2CCC(NC(=O)c3ccn(C)n3)CC2)n1. The Hall–Kier alpha value is -2.44. The van der Waals surface area contributed by atoms with Crippen molar-refractivity contribution in [3.05, 3.63) is 36.0 Å². The fourth-order valence-electron chi connectivity index (χ4n) is 2.67. The van der Waals surface area contributed by atoms with E-state index in [4.69, 9.17) is 0 Å². The van der Waals surface area contributed by atoms with E-state index in [1.807, 2.05) is 13.0 Å². The Balaban J connectivity index is 1.54. The Bertz CT molecular complexity index is 660. The molecule has 3 rings (SSSR count). The van der Waals surface area contributed by atoms with Crippen LogP contribution in [-0.4, -0.2) is 44.8 Å². The first-order chi connectivity index (χ1) is 10.6. The van der Waals surface area contributed by atoms with Crippen LogP contribution in [0, 0.1) is 6.92 Å². The number of nitrogens with one attached hydrogen (secondary N) is 1. The van der Waals surface area contributed by atoms with Crippen molar-refractivity contribution in [1.82, 2.24) is 25.1 Å². The molecule has 1 aliphatic rings. The average molecular weight is 300 g/mol. The second kappa shape index (κ2) is 6.13. The van der Waals surface area contributed by atoms with E-state index < -0.39 is 0 Å². The van der Waals surface area contributed by atoms with Crippen LogP contribution in [0.3, 0.4) is 0 Å². The number of hydrogen-bond donors (Lipinski definition) is 1. The lowest BCUT2D eigenvalue weighted by Crippen LogP contribution is -2.45. The molecular weight excluding hydrogens is 280 g/mol. The Labute approximate surface area is 129 Å². The molecule has 22 heavy (non-hydrogen) atoms. The zero-order valence-electron chi connectivity index (χ0n) is 12.9. The van der Waals surface area contributed by atoms with Crippen molar-refractivity contribution in [2.75, 3.05) is 18.0 Å². The lowest BCUT2D eigenvalue weighted by Gasteiger charge is -2.33. The van der Waals surface area contributed by atoms with Crippen LogP contribution < -0.4 is 10.2 Å². The molecule has 0 aliphatic carbocycles. The summed E-state index contributed by atoms with van der Waals surface area (Å²) in [4.78, 5) is 22.9. The molecule has 116 valence electrons. The Kier molecular flexibility index (Phi) is 4.04. The number of amides is 1. The van der Waals surface area contributed by atoms with Crippen molar-refractivity contribution in [3.63, 3.8) is 0 Å². The average Bonchev–Trinajstić information content (AvgIpc) is 2.95. The van der Waals surface area contributed by atoms with Gasteiger partial charge in [-0.1, -0.05) is 0 Å². The lowest BCUT2D eigenvalue weighted by molar-refractivity contribution is 0.0925. The van der Waals surface area contributed by atoms with Crippen LogP contribution in [0.5, 0.6) is 0 Å². The molecule has 3 heterocycles. The number of aromatic nitrogens is 4. The molecule has 0 spiro atoms. The van der Waals surface area contributed by atoms with Crippen molar-refractivity contribution >= 4 is 11.7 Å². The zero-order valence-corrected chi connectivity index (χ0v) is 12.9. The Morgan fingerprint density at radius 3 is 2.73 bits per heavy atom. The minimum Gasteiger partial charge on any atom is -0.356 e. The van der Waals surface area contributed by atoms with Crippen molar-refractivity contribution < 1.29 is 4.79 Å². The number of aryl methyl sites for hydroxylation is 2. The van der Waals surface area contributed by atoms with E-state index in [0.717, 1.165) is 37.6 Å². The first-order valence-corrected chi connectivity index (χ1v) is 7.47. The van der Waals surface area contributed by atoms with Crippen LogP contribution in [0.1, 0.15) is 29.2 Å². The highest BCUT2D eigenvalue weighted by molar-refractivity contribution is 5.92. The maximum atomic E-state index is 12.1. The van der Waals surface area contributed by atoms with Crippen molar-refractivity contribution in [2.24, 2.45) is 7.05 Å². The van der Waals surface area contributed by atoms with Gasteiger partial charge in [-0.05, 0) is 31.9 Å². The first-order valence-electron chi connectivity index (χ1n) is 7.47. The van der Waals surface area contributed by atoms with Crippen LogP contribution in [0.2, 0.25) is 0 Å². The summed E-state index contributed by atoms with van der Waals surface area (Å²) < 4.78 is 1.63. The molecule has 1 N–H and O–H groups in total. The van der Waals surface area contributed by atoms with Crippen molar-refractivity contribution in [2.45, 2.75) is 25.8 Å². The van der Waals surface area contributed by atoms with Gasteiger partial charge in [0.1, 0.15) is 17.3 Å². The molecule has 0 bridgehead atoms. The summed E-state index contributed by atoms with van der Waals surface area (Å²) in [5, 5.41) is 7.18. The molecule has 1 aliphatic heterocycles. The fourth-order valence-corrected chi connectivity index (χ4v) is 2.67. The van der Waals surface area contributed by atoms with Gasteiger partial charge in [0.2, 0.25) is 0 Å². The number of nitrogens with zero attached hydrogens (tertiary/aromatic N) is 5. The van der Waals surface area contributed by atoms with Gasteiger partial charge in [0.15, 0.2) is 0 Å². The summed E-state index contributed by atoms with van der Waals surface area (Å²) in [6, 6.07) is 3.85. The molecule has 7 nitrogen and oxygen atoms in total. The smallest absolute Gasteiger partial charge is 0.271 e. The number of hydrogen-bond acceptors (Lipinski definition) is 5. The minimum absolute atomic E-state index is 0.100. The molecule has 1 amide bonds. The number of rotatable bonds is 3. The maximum absolute atomic E-state index is 12.1. The van der Waals surface area contributed by atoms with Gasteiger partial charge in [0, 0.05) is 38.6 Å². The monoisotopic (exact) mass is 300 g/mol. The summed E-state index contributed by atoms with van der Waals surface area (Å²) in [7, 11) is 1.80. The van der Waals surface area contributed by atoms with Gasteiger partial charge in [0.05, 0.1) is 0 Å². The number of anilines is 1. The number of carbonyl (C=O) groups excluding carboxylic acids is 1. The maximum Gasteiger partial charge on any atom is 0.271 e. The van der Waals surface area contributed by atoms with Crippen LogP contribution in [-0.2, 0) is 7.05 Å². The molecule has 0 atom stereocenters. The third-order valence-electron chi connectivity index (χ3n) is 3.86. The second-order valence-corrected chi connectivity index (χ2v) is 5.57. The van der Waals surface area contributed by atoms with E-state index >= 15 is 0 Å². The molecule has 2 aromatic rings. The number of piperidine rings is 1. The topological polar surface area (TPSA) is 75.9 Å². The van der Waals surface area contributed by atoms with Crippen LogP contribution in [0.4, 0.5) is 5.82 Å². The van der Waals surface area contributed by atoms with Gasteiger partial charge < -0.3 is 10.2 Å². The van der Waals surface area contributed by atoms with Crippen molar-refractivity contribution in [1.29, 1.82) is 0 Å². The molecule has 0 radical (unpaired) electrons. The highest BCUT2D eigenvalue weighted by Gasteiger charge is 2.22. The van der Waals surface area contributed by atoms with E-state index in [1.54, 1.807) is 30.2 Å². The summed E-state index contributed by atoms with van der Waals surface area (Å²) in [6.07, 6.45) is 5.37. The third-order valence-corrected chi connectivity index (χ3v) is 3.86. The Morgan fingerprint density at radius 1 is 1.32 bits per heavy atom. The fraction of sp³-hybridized carbons (Fsp3) is 0.467. The second-order valence-electron chi connectivity index (χ2n) is 5.57. The van der Waals surface area contributed by atoms with Gasteiger partial charge in [-0.3, -0.25) is 9.48 Å². The van der Waals surface area contributed by atoms with Crippen molar-refractivity contribution in [3.8, 4) is 0 Å². The normalized spacial score (nSPS) is 15.8. The van der Waals surface area contributed by atoms with Crippen LogP contribution >= 0.6 is 0 Å². The van der Waals surface area contributed by atoms with Gasteiger partial charge in [-0.2, -0.15) is 5.10 Å². The molecule has 2 aromatic heterocycles. The standard InChI is InChI=1S/C15H20N6O/c1-11-16-7-3-14(17-11)21-9-4-12(5-10-21)18-15(22)13-6-8-20(2)19-13/h3,6-8,12H,4-5,9-10H2,1-2H3,(H,18,22). The third kappa shape index (κ3) is 3.24. The molecule has 1 fully saturated rings. The highest BCUT2D eigenvalue weighted by Crippen LogP contribution is 2.17. The zero-order chi connectivity index (χ0) is 15.5. The summed E-state index contributed by atoms with van der Waals surface area (Å²) >= 11 is 0. The predicted molar refractivity (Wildman–Crippen MR) is 82.7 cm³/mol. The van der Waals surface area contributed by atoms with Gasteiger partial charge in [-0.25, -0.2) is 9.97 Å². The van der Waals surface area contributed by atoms with E-state index in [0.29, 0.717) is 5.69 Å². The minimum atomic E-state index is -0.100. The predicted octanol–water partition coefficient (Wildman–Crippen LogP) is 0.917. The summed E-state index contributed by atoms with van der Waals surface area (Å²) in [5.41, 5.74) is 0.469. The quantitative estimate of drug-likeness (QED) is 0.912. The van der Waals surface area contributed by atoms with Gasteiger partial charge >= 0.3 is 0 Å². The largest absolute Gasteiger partial charge is 0.356 e. The molecular formula is C15H20N6O. The summed E-state index contributed by atoms with van der Waals surface area (Å²) in [5.74, 6) is 1.64. The van der Waals surface area contributed by atoms with Crippen LogP contribution in [0.15, 0.2) is 24.5 Å². The summed E-state index contributed by atoms with van der Waals surface area (Å²) in [6.45, 7) is 3.65. The molecule has 0 unspecified atom stereocenters. The number of carbonyl (C=O) groups is 1. The van der Waals surface area contributed by atoms with Crippen LogP contribution in [0.25, 0.3) is 0 Å². The molecule has 7 heteroatoms. The molecule has 0 saturated carbocycles. The first kappa shape index (κ1) is 14.5. The Morgan fingerprint density at radius 2 is 2.09 bits per heavy atom. The molecule has 1 saturated heterocycles. The van der Waals surface area contributed by atoms with E-state index in [9.17, 15) is 4.79 Å². The van der Waals surface area contributed by atoms with E-state index in [1.165, 1.54) is 0 Å². The lowest BCUT2D eigenvalue weighted by atomic mass is 10.0.